The molecule has 1 aromatic carbocycles. The molecule has 0 aliphatic carbocycles. The van der Waals surface area contributed by atoms with Gasteiger partial charge in [0.25, 0.3) is 0 Å². The summed E-state index contributed by atoms with van der Waals surface area (Å²) in [4.78, 5) is 11.7. The van der Waals surface area contributed by atoms with Gasteiger partial charge in [-0.1, -0.05) is 49.3 Å². The van der Waals surface area contributed by atoms with E-state index in [9.17, 15) is 9.90 Å². The summed E-state index contributed by atoms with van der Waals surface area (Å²) in [6, 6.07) is 10.7. The molecule has 2 rings (SSSR count). The van der Waals surface area contributed by atoms with Crippen LogP contribution in [0.15, 0.2) is 40.9 Å². The van der Waals surface area contributed by atoms with E-state index in [2.05, 4.69) is 15.8 Å². The lowest BCUT2D eigenvalue weighted by atomic mass is 10.1. The second-order valence-corrected chi connectivity index (χ2v) is 5.09. The van der Waals surface area contributed by atoms with Crippen LogP contribution in [-0.2, 0) is 0 Å². The number of amides is 2. The minimum atomic E-state index is -0.576. The quantitative estimate of drug-likeness (QED) is 0.789. The average molecular weight is 289 g/mol. The number of aromatic nitrogens is 1. The summed E-state index contributed by atoms with van der Waals surface area (Å²) >= 11 is 0. The highest BCUT2D eigenvalue weighted by Crippen LogP contribution is 2.21. The number of aliphatic hydroxyl groups is 1. The van der Waals surface area contributed by atoms with Crippen molar-refractivity contribution in [3.63, 3.8) is 0 Å². The number of rotatable bonds is 5. The number of urea groups is 1. The third-order valence-corrected chi connectivity index (χ3v) is 3.05. The summed E-state index contributed by atoms with van der Waals surface area (Å²) in [5.41, 5.74) is 0.883. The molecule has 1 atom stereocenters. The highest BCUT2D eigenvalue weighted by molar-refractivity contribution is 5.88. The molecule has 21 heavy (non-hydrogen) atoms. The number of hydrogen-bond acceptors (Lipinski definition) is 4. The van der Waals surface area contributed by atoms with Crippen LogP contribution in [0.2, 0.25) is 0 Å². The largest absolute Gasteiger partial charge is 0.391 e. The topological polar surface area (TPSA) is 87.4 Å². The van der Waals surface area contributed by atoms with Crippen LogP contribution in [0.4, 0.5) is 10.6 Å². The lowest BCUT2D eigenvalue weighted by Crippen LogP contribution is -2.37. The standard InChI is InChI=1S/C15H19N3O3/c1-10(2)12(19)9-16-15(20)17-14-8-13(21-18-14)11-6-4-3-5-7-11/h3-8,10,12,19H,9H2,1-2H3,(H2,16,17,18,20). The molecular formula is C15H19N3O3. The van der Waals surface area contributed by atoms with Gasteiger partial charge in [0.15, 0.2) is 11.6 Å². The summed E-state index contributed by atoms with van der Waals surface area (Å²) in [6.45, 7) is 3.95. The predicted octanol–water partition coefficient (Wildman–Crippen LogP) is 2.48. The van der Waals surface area contributed by atoms with E-state index in [-0.39, 0.29) is 12.5 Å². The number of nitrogens with one attached hydrogen (secondary N) is 2. The van der Waals surface area contributed by atoms with Crippen molar-refractivity contribution in [1.29, 1.82) is 0 Å². The average Bonchev–Trinajstić information content (AvgIpc) is 2.94. The maximum atomic E-state index is 11.7. The monoisotopic (exact) mass is 289 g/mol. The molecule has 1 heterocycles. The molecule has 6 heteroatoms. The van der Waals surface area contributed by atoms with Gasteiger partial charge in [-0.15, -0.1) is 0 Å². The van der Waals surface area contributed by atoms with Crippen LogP contribution < -0.4 is 10.6 Å². The molecule has 0 fully saturated rings. The van der Waals surface area contributed by atoms with Crippen molar-refractivity contribution in [2.45, 2.75) is 20.0 Å². The zero-order valence-corrected chi connectivity index (χ0v) is 12.0. The molecule has 2 amide bonds. The van der Waals surface area contributed by atoms with E-state index >= 15 is 0 Å². The van der Waals surface area contributed by atoms with Crippen molar-refractivity contribution in [3.05, 3.63) is 36.4 Å². The molecule has 0 radical (unpaired) electrons. The molecule has 0 aliphatic heterocycles. The maximum absolute atomic E-state index is 11.7. The van der Waals surface area contributed by atoms with Crippen LogP contribution >= 0.6 is 0 Å². The smallest absolute Gasteiger partial charge is 0.320 e. The first-order valence-corrected chi connectivity index (χ1v) is 6.81. The number of anilines is 1. The Morgan fingerprint density at radius 2 is 2.05 bits per heavy atom. The fourth-order valence-electron chi connectivity index (χ4n) is 1.67. The Bertz CT molecular complexity index is 581. The lowest BCUT2D eigenvalue weighted by Gasteiger charge is -2.14. The minimum Gasteiger partial charge on any atom is -0.391 e. The van der Waals surface area contributed by atoms with Gasteiger partial charge in [0, 0.05) is 18.2 Å². The normalized spacial score (nSPS) is 12.2. The summed E-state index contributed by atoms with van der Waals surface area (Å²) < 4.78 is 5.17. The van der Waals surface area contributed by atoms with Gasteiger partial charge in [-0.25, -0.2) is 4.79 Å². The van der Waals surface area contributed by atoms with Crippen molar-refractivity contribution >= 4 is 11.8 Å². The first-order chi connectivity index (χ1) is 10.1. The number of benzene rings is 1. The molecule has 2 aromatic rings. The molecule has 0 bridgehead atoms. The molecule has 1 aromatic heterocycles. The molecule has 3 N–H and O–H groups in total. The van der Waals surface area contributed by atoms with Crippen molar-refractivity contribution in [2.24, 2.45) is 5.92 Å². The van der Waals surface area contributed by atoms with E-state index in [1.54, 1.807) is 6.07 Å². The molecule has 1 unspecified atom stereocenters. The van der Waals surface area contributed by atoms with Gasteiger partial charge in [0.1, 0.15) is 0 Å². The Labute approximate surface area is 123 Å². The number of carbonyl (C=O) groups is 1. The van der Waals surface area contributed by atoms with Crippen molar-refractivity contribution < 1.29 is 14.4 Å². The highest BCUT2D eigenvalue weighted by atomic mass is 16.5. The Balaban J connectivity index is 1.89. The van der Waals surface area contributed by atoms with E-state index in [0.717, 1.165) is 5.56 Å². The van der Waals surface area contributed by atoms with Crippen LogP contribution in [0.25, 0.3) is 11.3 Å². The molecule has 112 valence electrons. The van der Waals surface area contributed by atoms with Crippen LogP contribution in [0, 0.1) is 5.92 Å². The van der Waals surface area contributed by atoms with Gasteiger partial charge in [0.2, 0.25) is 0 Å². The molecule has 0 saturated carbocycles. The zero-order valence-electron chi connectivity index (χ0n) is 12.0. The van der Waals surface area contributed by atoms with E-state index in [1.165, 1.54) is 0 Å². The van der Waals surface area contributed by atoms with E-state index in [0.29, 0.717) is 11.6 Å². The highest BCUT2D eigenvalue weighted by Gasteiger charge is 2.12. The van der Waals surface area contributed by atoms with Gasteiger partial charge >= 0.3 is 6.03 Å². The third-order valence-electron chi connectivity index (χ3n) is 3.05. The summed E-state index contributed by atoms with van der Waals surface area (Å²) in [5, 5.41) is 18.5. The van der Waals surface area contributed by atoms with Gasteiger partial charge in [-0.05, 0) is 5.92 Å². The summed E-state index contributed by atoms with van der Waals surface area (Å²) in [6.07, 6.45) is -0.576. The van der Waals surface area contributed by atoms with Gasteiger partial charge < -0.3 is 14.9 Å². The maximum Gasteiger partial charge on any atom is 0.320 e. The third kappa shape index (κ3) is 4.32. The molecule has 0 aliphatic rings. The Morgan fingerprint density at radius 3 is 2.71 bits per heavy atom. The minimum absolute atomic E-state index is 0.0852. The van der Waals surface area contributed by atoms with Crippen molar-refractivity contribution in [1.82, 2.24) is 10.5 Å². The van der Waals surface area contributed by atoms with Crippen molar-refractivity contribution in [2.75, 3.05) is 11.9 Å². The zero-order chi connectivity index (χ0) is 15.2. The van der Waals surface area contributed by atoms with Gasteiger partial charge in [-0.3, -0.25) is 5.32 Å². The number of carbonyl (C=O) groups excluding carboxylic acids is 1. The van der Waals surface area contributed by atoms with Crippen molar-refractivity contribution in [3.8, 4) is 11.3 Å². The first kappa shape index (κ1) is 15.1. The Hall–Kier alpha value is -2.34. The predicted molar refractivity (Wildman–Crippen MR) is 79.8 cm³/mol. The Morgan fingerprint density at radius 1 is 1.33 bits per heavy atom. The molecule has 0 saturated heterocycles. The van der Waals surface area contributed by atoms with Crippen LogP contribution in [0.1, 0.15) is 13.8 Å². The fourth-order valence-corrected chi connectivity index (χ4v) is 1.67. The lowest BCUT2D eigenvalue weighted by molar-refractivity contribution is 0.126. The first-order valence-electron chi connectivity index (χ1n) is 6.81. The Kier molecular flexibility index (Phi) is 4.94. The number of nitrogens with zero attached hydrogens (tertiary/aromatic N) is 1. The molecular weight excluding hydrogens is 270 g/mol. The van der Waals surface area contributed by atoms with E-state index in [4.69, 9.17) is 4.52 Å². The van der Waals surface area contributed by atoms with Crippen LogP contribution in [0.3, 0.4) is 0 Å². The number of aliphatic hydroxyl groups excluding tert-OH is 1. The summed E-state index contributed by atoms with van der Waals surface area (Å²) in [7, 11) is 0. The SMILES string of the molecule is CC(C)C(O)CNC(=O)Nc1cc(-c2ccccc2)on1. The van der Waals surface area contributed by atoms with E-state index in [1.807, 2.05) is 44.2 Å². The summed E-state index contributed by atoms with van der Waals surface area (Å²) in [5.74, 6) is 0.987. The van der Waals surface area contributed by atoms with Crippen LogP contribution in [0.5, 0.6) is 0 Å². The van der Waals surface area contributed by atoms with Gasteiger partial charge in [-0.2, -0.15) is 0 Å². The van der Waals surface area contributed by atoms with Crippen LogP contribution in [-0.4, -0.2) is 28.9 Å². The molecule has 6 nitrogen and oxygen atoms in total. The fraction of sp³-hybridized carbons (Fsp3) is 0.333. The second-order valence-electron chi connectivity index (χ2n) is 5.09. The second kappa shape index (κ2) is 6.90. The molecule has 0 spiro atoms. The van der Waals surface area contributed by atoms with E-state index < -0.39 is 12.1 Å². The van der Waals surface area contributed by atoms with Gasteiger partial charge in [0.05, 0.1) is 6.10 Å². The number of hydrogen-bond donors (Lipinski definition) is 3.